The molecule has 1 aliphatic carbocycles. The van der Waals surface area contributed by atoms with Gasteiger partial charge in [0.05, 0.1) is 17.3 Å². The Balaban J connectivity index is 1.73. The Morgan fingerprint density at radius 1 is 1.08 bits per heavy atom. The number of hydrogen-bond donors (Lipinski definition) is 2. The Labute approximate surface area is 209 Å². The van der Waals surface area contributed by atoms with E-state index in [1.807, 2.05) is 37.4 Å². The van der Waals surface area contributed by atoms with Crippen LogP contribution in [0.2, 0.25) is 18.1 Å². The van der Waals surface area contributed by atoms with Crippen LogP contribution in [0, 0.1) is 11.7 Å². The van der Waals surface area contributed by atoms with Crippen molar-refractivity contribution in [1.29, 1.82) is 0 Å². The maximum atomic E-state index is 14.6. The van der Waals surface area contributed by atoms with Gasteiger partial charge in [-0.3, -0.25) is 9.59 Å². The van der Waals surface area contributed by atoms with Crippen LogP contribution in [-0.4, -0.2) is 27.9 Å². The van der Waals surface area contributed by atoms with Crippen molar-refractivity contribution >= 4 is 19.1 Å². The number of halogens is 1. The highest BCUT2D eigenvalue weighted by atomic mass is 28.4. The van der Waals surface area contributed by atoms with Gasteiger partial charge in [0.2, 0.25) is 5.56 Å². The Kier molecular flexibility index (Phi) is 5.84. The number of H-pyrrole nitrogens is 1. The molecule has 0 radical (unpaired) electrons. The number of benzene rings is 2. The minimum atomic E-state index is -2.48. The van der Waals surface area contributed by atoms with E-state index in [0.717, 1.165) is 28.8 Å². The summed E-state index contributed by atoms with van der Waals surface area (Å²) in [5, 5.41) is 4.60. The van der Waals surface area contributed by atoms with E-state index in [9.17, 15) is 18.8 Å². The number of rotatable bonds is 4. The van der Waals surface area contributed by atoms with Crippen LogP contribution in [0.1, 0.15) is 31.5 Å². The number of nitrogens with zero attached hydrogens (tertiary/aromatic N) is 2. The molecule has 2 aromatic carbocycles. The van der Waals surface area contributed by atoms with E-state index in [1.165, 1.54) is 23.0 Å². The van der Waals surface area contributed by atoms with Gasteiger partial charge in [-0.1, -0.05) is 38.1 Å². The molecule has 0 saturated heterocycles. The van der Waals surface area contributed by atoms with E-state index in [-0.39, 0.29) is 21.9 Å². The molecule has 4 aromatic rings. The smallest absolute Gasteiger partial charge is 0.282 e. The van der Waals surface area contributed by atoms with Crippen molar-refractivity contribution in [1.82, 2.24) is 14.8 Å². The van der Waals surface area contributed by atoms with Crippen molar-refractivity contribution < 1.29 is 9.19 Å². The first kappa shape index (κ1) is 24.3. The Bertz CT molecular complexity index is 1600. The van der Waals surface area contributed by atoms with E-state index in [4.69, 9.17) is 0 Å². The van der Waals surface area contributed by atoms with Crippen LogP contribution in [0.5, 0.6) is 0 Å². The summed E-state index contributed by atoms with van der Waals surface area (Å²) in [6, 6.07) is 13.5. The topological polar surface area (TPSA) is 88.0 Å². The molecule has 8 heteroatoms. The zero-order chi connectivity index (χ0) is 25.8. The molecule has 186 valence electrons. The second-order valence-electron chi connectivity index (χ2n) is 11.0. The summed E-state index contributed by atoms with van der Waals surface area (Å²) in [4.78, 5) is 39.7. The van der Waals surface area contributed by atoms with Crippen LogP contribution < -0.4 is 11.1 Å². The fourth-order valence-corrected chi connectivity index (χ4v) is 6.05. The van der Waals surface area contributed by atoms with E-state index < -0.39 is 19.7 Å². The van der Waals surface area contributed by atoms with Gasteiger partial charge in [-0.2, -0.15) is 9.78 Å². The molecule has 1 aliphatic rings. The summed E-state index contributed by atoms with van der Waals surface area (Å²) in [7, 11) is -2.48. The minimum absolute atomic E-state index is 0.00849. The van der Waals surface area contributed by atoms with Crippen molar-refractivity contribution in [3.05, 3.63) is 92.5 Å². The normalized spacial score (nSPS) is 15.9. The monoisotopic (exact) mass is 503 g/mol. The van der Waals surface area contributed by atoms with Crippen LogP contribution in [0.4, 0.5) is 4.39 Å². The first-order valence-corrected chi connectivity index (χ1v) is 15.1. The van der Waals surface area contributed by atoms with Gasteiger partial charge in [0, 0.05) is 22.7 Å². The highest BCUT2D eigenvalue weighted by Crippen LogP contribution is 2.45. The summed E-state index contributed by atoms with van der Waals surface area (Å²) in [6.45, 7) is 8.10. The zero-order valence-corrected chi connectivity index (χ0v) is 21.9. The first-order chi connectivity index (χ1) is 17.0. The molecule has 2 N–H and O–H groups in total. The fraction of sp³-hybridized carbons (Fsp3) is 0.321. The molecular formula is C28H30FN3O3Si. The predicted octanol–water partition coefficient (Wildman–Crippen LogP) is 4.96. The first-order valence-electron chi connectivity index (χ1n) is 12.2. The SMILES string of the molecule is CC(C)(CC1Cc2[nH]c(=O)ccc2-c2cccc(-n3ncc4cccc(F)c4c3=O)c2C1)[Si](C)(C)O. The van der Waals surface area contributed by atoms with Crippen LogP contribution in [-0.2, 0) is 12.8 Å². The molecule has 0 spiro atoms. The fourth-order valence-electron chi connectivity index (χ4n) is 5.26. The lowest BCUT2D eigenvalue weighted by atomic mass is 9.87. The molecule has 0 aliphatic heterocycles. The predicted molar refractivity (Wildman–Crippen MR) is 143 cm³/mol. The molecule has 1 atom stereocenters. The summed E-state index contributed by atoms with van der Waals surface area (Å²) in [5.74, 6) is -0.473. The highest BCUT2D eigenvalue weighted by Gasteiger charge is 2.40. The third kappa shape index (κ3) is 4.14. The van der Waals surface area contributed by atoms with Gasteiger partial charge >= 0.3 is 0 Å². The molecule has 2 aromatic heterocycles. The summed E-state index contributed by atoms with van der Waals surface area (Å²) < 4.78 is 15.9. The number of nitrogens with one attached hydrogen (secondary N) is 1. The molecule has 0 amide bonds. The van der Waals surface area contributed by atoms with Crippen molar-refractivity contribution in [2.24, 2.45) is 5.92 Å². The van der Waals surface area contributed by atoms with Crippen molar-refractivity contribution in [2.45, 2.75) is 51.2 Å². The van der Waals surface area contributed by atoms with Gasteiger partial charge in [0.25, 0.3) is 5.56 Å². The summed E-state index contributed by atoms with van der Waals surface area (Å²) >= 11 is 0. The third-order valence-corrected chi connectivity index (χ3v) is 11.4. The van der Waals surface area contributed by atoms with Crippen molar-refractivity contribution in [2.75, 3.05) is 0 Å². The average Bonchev–Trinajstić information content (AvgIpc) is 2.94. The lowest BCUT2D eigenvalue weighted by molar-refractivity contribution is 0.369. The van der Waals surface area contributed by atoms with Gasteiger partial charge in [-0.15, -0.1) is 0 Å². The maximum absolute atomic E-state index is 14.6. The molecule has 6 nitrogen and oxygen atoms in total. The number of hydrogen-bond acceptors (Lipinski definition) is 4. The zero-order valence-electron chi connectivity index (χ0n) is 20.9. The summed E-state index contributed by atoms with van der Waals surface area (Å²) in [6.07, 6.45) is 3.53. The number of fused-ring (bicyclic) bond motifs is 4. The molecule has 2 heterocycles. The van der Waals surface area contributed by atoms with Crippen LogP contribution >= 0.6 is 0 Å². The minimum Gasteiger partial charge on any atom is -0.432 e. The molecular weight excluding hydrogens is 473 g/mol. The van der Waals surface area contributed by atoms with Gasteiger partial charge in [0.15, 0.2) is 8.32 Å². The quantitative estimate of drug-likeness (QED) is 0.385. The standard InChI is InChI=1S/C28H30FN3O3Si/c1-28(2,36(3,4)35)15-17-13-21-19(20-11-12-25(33)31-23(20)14-17)8-6-10-24(21)32-27(34)26-18(16-30-32)7-5-9-22(26)29/h5-12,16-17,35H,13-15H2,1-4H3,(H,31,33). The highest BCUT2D eigenvalue weighted by molar-refractivity contribution is 6.72. The largest absolute Gasteiger partial charge is 0.432 e. The number of pyridine rings is 1. The lowest BCUT2D eigenvalue weighted by Gasteiger charge is -2.38. The molecule has 36 heavy (non-hydrogen) atoms. The molecule has 1 unspecified atom stereocenters. The van der Waals surface area contributed by atoms with Gasteiger partial charge in [0.1, 0.15) is 5.82 Å². The molecule has 5 rings (SSSR count). The van der Waals surface area contributed by atoms with Gasteiger partial charge in [-0.05, 0) is 72.6 Å². The molecule has 0 saturated carbocycles. The van der Waals surface area contributed by atoms with Crippen LogP contribution in [0.15, 0.2) is 64.3 Å². The van der Waals surface area contributed by atoms with Crippen molar-refractivity contribution in [3.8, 4) is 16.8 Å². The maximum Gasteiger partial charge on any atom is 0.282 e. The van der Waals surface area contributed by atoms with Gasteiger partial charge in [-0.25, -0.2) is 4.39 Å². The number of aromatic nitrogens is 3. The van der Waals surface area contributed by atoms with Crippen molar-refractivity contribution in [3.63, 3.8) is 0 Å². The van der Waals surface area contributed by atoms with Crippen LogP contribution in [0.3, 0.4) is 0 Å². The molecule has 0 bridgehead atoms. The number of aromatic amines is 1. The Morgan fingerprint density at radius 3 is 2.58 bits per heavy atom. The third-order valence-electron chi connectivity index (χ3n) is 7.88. The average molecular weight is 504 g/mol. The lowest BCUT2D eigenvalue weighted by Crippen LogP contribution is -2.40. The van der Waals surface area contributed by atoms with E-state index >= 15 is 0 Å². The Morgan fingerprint density at radius 2 is 1.83 bits per heavy atom. The second kappa shape index (κ2) is 8.64. The van der Waals surface area contributed by atoms with Crippen LogP contribution in [0.25, 0.3) is 27.6 Å². The van der Waals surface area contributed by atoms with E-state index in [2.05, 4.69) is 23.9 Å². The van der Waals surface area contributed by atoms with E-state index in [1.54, 1.807) is 12.1 Å². The Hall–Kier alpha value is -3.36. The molecule has 0 fully saturated rings. The summed E-state index contributed by atoms with van der Waals surface area (Å²) in [5.41, 5.74) is 3.53. The van der Waals surface area contributed by atoms with Gasteiger partial charge < -0.3 is 9.78 Å². The van der Waals surface area contributed by atoms with E-state index in [0.29, 0.717) is 23.9 Å². The second-order valence-corrected chi connectivity index (χ2v) is 15.5.